The molecule has 1 heterocycles. The molecule has 0 saturated carbocycles. The SMILES string of the molecule is CCCNCc1cc(S(=O)(=O)N(C)CC(C)(C)C)c(C)o1. The molecule has 1 aromatic heterocycles. The summed E-state index contributed by atoms with van der Waals surface area (Å²) in [5.74, 6) is 1.10. The van der Waals surface area contributed by atoms with Crippen molar-refractivity contribution in [2.24, 2.45) is 5.41 Å². The lowest BCUT2D eigenvalue weighted by Crippen LogP contribution is -2.34. The Morgan fingerprint density at radius 1 is 1.33 bits per heavy atom. The van der Waals surface area contributed by atoms with E-state index in [0.29, 0.717) is 24.6 Å². The maximum Gasteiger partial charge on any atom is 0.246 e. The second kappa shape index (κ2) is 6.94. The van der Waals surface area contributed by atoms with Gasteiger partial charge in [-0.25, -0.2) is 12.7 Å². The average Bonchev–Trinajstić information content (AvgIpc) is 2.69. The van der Waals surface area contributed by atoms with Gasteiger partial charge in [-0.1, -0.05) is 27.7 Å². The molecule has 5 nitrogen and oxygen atoms in total. The van der Waals surface area contributed by atoms with E-state index in [0.717, 1.165) is 13.0 Å². The third-order valence-electron chi connectivity index (χ3n) is 3.03. The lowest BCUT2D eigenvalue weighted by Gasteiger charge is -2.25. The molecular formula is C15H28N2O3S. The zero-order valence-corrected chi connectivity index (χ0v) is 14.8. The monoisotopic (exact) mass is 316 g/mol. The molecule has 0 radical (unpaired) electrons. The molecule has 0 aliphatic heterocycles. The van der Waals surface area contributed by atoms with Crippen LogP contribution in [-0.4, -0.2) is 32.9 Å². The van der Waals surface area contributed by atoms with Gasteiger partial charge in [0.15, 0.2) is 0 Å². The van der Waals surface area contributed by atoms with Crippen LogP contribution < -0.4 is 5.32 Å². The Bertz CT molecular complexity index is 556. The Hall–Kier alpha value is -0.850. The van der Waals surface area contributed by atoms with Gasteiger partial charge in [-0.05, 0) is 25.3 Å². The quantitative estimate of drug-likeness (QED) is 0.786. The Morgan fingerprint density at radius 2 is 1.95 bits per heavy atom. The molecule has 0 fully saturated rings. The van der Waals surface area contributed by atoms with Crippen LogP contribution in [0.25, 0.3) is 0 Å². The summed E-state index contributed by atoms with van der Waals surface area (Å²) in [4.78, 5) is 0.266. The zero-order chi connectivity index (χ0) is 16.3. The number of aryl methyl sites for hydroxylation is 1. The predicted molar refractivity (Wildman–Crippen MR) is 84.7 cm³/mol. The fraction of sp³-hybridized carbons (Fsp3) is 0.733. The molecule has 0 amide bonds. The second-order valence-corrected chi connectivity index (χ2v) is 8.64. The van der Waals surface area contributed by atoms with Crippen molar-refractivity contribution in [2.75, 3.05) is 20.1 Å². The third kappa shape index (κ3) is 5.13. The van der Waals surface area contributed by atoms with E-state index in [2.05, 4.69) is 12.2 Å². The van der Waals surface area contributed by atoms with E-state index >= 15 is 0 Å². The van der Waals surface area contributed by atoms with Crippen molar-refractivity contribution < 1.29 is 12.8 Å². The van der Waals surface area contributed by atoms with Gasteiger partial charge in [0.25, 0.3) is 0 Å². The number of hydrogen-bond donors (Lipinski definition) is 1. The van der Waals surface area contributed by atoms with Crippen molar-refractivity contribution in [1.82, 2.24) is 9.62 Å². The Labute approximate surface area is 128 Å². The molecule has 0 saturated heterocycles. The van der Waals surface area contributed by atoms with Crippen molar-refractivity contribution in [1.29, 1.82) is 0 Å². The first-order chi connectivity index (χ1) is 9.58. The standard InChI is InChI=1S/C15H28N2O3S/c1-7-8-16-10-13-9-14(12(2)20-13)21(18,19)17(6)11-15(3,4)5/h9,16H,7-8,10-11H2,1-6H3. The molecule has 21 heavy (non-hydrogen) atoms. The van der Waals surface area contributed by atoms with Crippen molar-refractivity contribution in [3.8, 4) is 0 Å². The molecule has 0 bridgehead atoms. The molecule has 6 heteroatoms. The lowest BCUT2D eigenvalue weighted by atomic mass is 9.97. The minimum Gasteiger partial charge on any atom is -0.464 e. The van der Waals surface area contributed by atoms with Gasteiger partial charge in [0.1, 0.15) is 16.4 Å². The van der Waals surface area contributed by atoms with E-state index in [1.165, 1.54) is 4.31 Å². The molecule has 1 aromatic rings. The summed E-state index contributed by atoms with van der Waals surface area (Å²) in [6, 6.07) is 1.63. The third-order valence-corrected chi connectivity index (χ3v) is 4.95. The normalized spacial score (nSPS) is 13.1. The topological polar surface area (TPSA) is 62.6 Å². The van der Waals surface area contributed by atoms with Crippen LogP contribution >= 0.6 is 0 Å². The summed E-state index contributed by atoms with van der Waals surface area (Å²) in [7, 11) is -1.89. The zero-order valence-electron chi connectivity index (χ0n) is 14.0. The summed E-state index contributed by atoms with van der Waals surface area (Å²) in [5, 5.41) is 3.21. The maximum atomic E-state index is 12.6. The Balaban J connectivity index is 2.93. The fourth-order valence-electron chi connectivity index (χ4n) is 2.18. The van der Waals surface area contributed by atoms with Crippen LogP contribution in [-0.2, 0) is 16.6 Å². The van der Waals surface area contributed by atoms with Crippen LogP contribution in [0.4, 0.5) is 0 Å². The van der Waals surface area contributed by atoms with E-state index in [9.17, 15) is 8.42 Å². The maximum absolute atomic E-state index is 12.6. The van der Waals surface area contributed by atoms with Gasteiger partial charge < -0.3 is 9.73 Å². The van der Waals surface area contributed by atoms with E-state index in [4.69, 9.17) is 4.42 Å². The molecule has 0 spiro atoms. The highest BCUT2D eigenvalue weighted by Crippen LogP contribution is 2.25. The smallest absolute Gasteiger partial charge is 0.246 e. The minimum absolute atomic E-state index is 0.0923. The van der Waals surface area contributed by atoms with Crippen LogP contribution in [0.5, 0.6) is 0 Å². The van der Waals surface area contributed by atoms with Crippen LogP contribution in [0.2, 0.25) is 0 Å². The van der Waals surface area contributed by atoms with E-state index in [1.807, 2.05) is 20.8 Å². The first-order valence-electron chi connectivity index (χ1n) is 7.34. The van der Waals surface area contributed by atoms with Gasteiger partial charge in [-0.3, -0.25) is 0 Å². The van der Waals surface area contributed by atoms with Crippen LogP contribution in [0.3, 0.4) is 0 Å². The highest BCUT2D eigenvalue weighted by Gasteiger charge is 2.28. The molecular weight excluding hydrogens is 288 g/mol. The molecule has 0 aliphatic carbocycles. The first kappa shape index (κ1) is 18.2. The first-order valence-corrected chi connectivity index (χ1v) is 8.78. The van der Waals surface area contributed by atoms with Crippen molar-refractivity contribution in [2.45, 2.75) is 52.5 Å². The van der Waals surface area contributed by atoms with Gasteiger partial charge >= 0.3 is 0 Å². The van der Waals surface area contributed by atoms with E-state index < -0.39 is 10.0 Å². The predicted octanol–water partition coefficient (Wildman–Crippen LogP) is 2.75. The number of hydrogen-bond acceptors (Lipinski definition) is 4. The summed E-state index contributed by atoms with van der Waals surface area (Å²) in [5.41, 5.74) is -0.0923. The summed E-state index contributed by atoms with van der Waals surface area (Å²) < 4.78 is 32.2. The molecule has 0 aromatic carbocycles. The number of rotatable bonds is 7. The molecule has 0 atom stereocenters. The summed E-state index contributed by atoms with van der Waals surface area (Å²) in [6.07, 6.45) is 1.03. The van der Waals surface area contributed by atoms with Gasteiger partial charge in [0.2, 0.25) is 10.0 Å². The number of nitrogens with one attached hydrogen (secondary N) is 1. The van der Waals surface area contributed by atoms with Gasteiger partial charge in [-0.2, -0.15) is 0 Å². The molecule has 122 valence electrons. The fourth-order valence-corrected chi connectivity index (χ4v) is 3.76. The van der Waals surface area contributed by atoms with Crippen molar-refractivity contribution in [3.05, 3.63) is 17.6 Å². The van der Waals surface area contributed by atoms with Gasteiger partial charge in [0, 0.05) is 19.7 Å². The number of furan rings is 1. The summed E-state index contributed by atoms with van der Waals surface area (Å²) >= 11 is 0. The Kier molecular flexibility index (Phi) is 6.01. The summed E-state index contributed by atoms with van der Waals surface area (Å²) in [6.45, 7) is 11.7. The number of sulfonamides is 1. The minimum atomic E-state index is -3.50. The molecule has 1 N–H and O–H groups in total. The average molecular weight is 316 g/mol. The van der Waals surface area contributed by atoms with Crippen molar-refractivity contribution >= 4 is 10.0 Å². The largest absolute Gasteiger partial charge is 0.464 e. The number of nitrogens with zero attached hydrogens (tertiary/aromatic N) is 1. The van der Waals surface area contributed by atoms with Crippen LogP contribution in [0.1, 0.15) is 45.6 Å². The molecule has 0 aliphatic rings. The van der Waals surface area contributed by atoms with Crippen LogP contribution in [0, 0.1) is 12.3 Å². The van der Waals surface area contributed by atoms with E-state index in [1.54, 1.807) is 20.0 Å². The van der Waals surface area contributed by atoms with Gasteiger partial charge in [-0.15, -0.1) is 0 Å². The molecule has 1 rings (SSSR count). The highest BCUT2D eigenvalue weighted by atomic mass is 32.2. The van der Waals surface area contributed by atoms with E-state index in [-0.39, 0.29) is 10.3 Å². The Morgan fingerprint density at radius 3 is 2.48 bits per heavy atom. The lowest BCUT2D eigenvalue weighted by molar-refractivity contribution is 0.310. The van der Waals surface area contributed by atoms with Gasteiger partial charge in [0.05, 0.1) is 6.54 Å². The van der Waals surface area contributed by atoms with Crippen LogP contribution in [0.15, 0.2) is 15.4 Å². The van der Waals surface area contributed by atoms with Crippen molar-refractivity contribution in [3.63, 3.8) is 0 Å². The molecule has 0 unspecified atom stereocenters. The highest BCUT2D eigenvalue weighted by molar-refractivity contribution is 7.89. The second-order valence-electron chi connectivity index (χ2n) is 6.63.